The number of amides is 1. The summed E-state index contributed by atoms with van der Waals surface area (Å²) in [6.45, 7) is 6.77. The first-order valence-corrected chi connectivity index (χ1v) is 7.28. The zero-order valence-corrected chi connectivity index (χ0v) is 12.6. The van der Waals surface area contributed by atoms with Crippen LogP contribution in [0.5, 0.6) is 0 Å². The van der Waals surface area contributed by atoms with E-state index in [0.717, 1.165) is 18.4 Å². The number of carbonyl (C=O) groups excluding carboxylic acids is 1. The van der Waals surface area contributed by atoms with Crippen molar-refractivity contribution in [1.29, 1.82) is 0 Å². The van der Waals surface area contributed by atoms with E-state index in [1.807, 2.05) is 13.8 Å². The summed E-state index contributed by atoms with van der Waals surface area (Å²) >= 11 is 0. The van der Waals surface area contributed by atoms with Gasteiger partial charge in [-0.2, -0.15) is 0 Å². The minimum absolute atomic E-state index is 0.0841. The van der Waals surface area contributed by atoms with Crippen molar-refractivity contribution >= 4 is 5.91 Å². The lowest BCUT2D eigenvalue weighted by atomic mass is 10.1. The molecule has 0 heterocycles. The third kappa shape index (κ3) is 6.66. The van der Waals surface area contributed by atoms with Gasteiger partial charge in [0.05, 0.1) is 0 Å². The molecule has 0 spiro atoms. The standard InChI is InChI=1S/C16H25FN2O/c1-4-12(2)19-16(20)9-10-18-13(3)11-14-5-7-15(17)8-6-14/h5-8,12-13,18H,4,9-11H2,1-3H3,(H,19,20). The highest BCUT2D eigenvalue weighted by Gasteiger charge is 2.07. The van der Waals surface area contributed by atoms with Gasteiger partial charge < -0.3 is 10.6 Å². The van der Waals surface area contributed by atoms with Gasteiger partial charge in [-0.05, 0) is 44.4 Å². The Labute approximate surface area is 121 Å². The summed E-state index contributed by atoms with van der Waals surface area (Å²) in [5.74, 6) is -0.128. The fraction of sp³-hybridized carbons (Fsp3) is 0.562. The number of carbonyl (C=O) groups is 1. The largest absolute Gasteiger partial charge is 0.354 e. The predicted molar refractivity (Wildman–Crippen MR) is 80.1 cm³/mol. The SMILES string of the molecule is CCC(C)NC(=O)CCNC(C)Cc1ccc(F)cc1. The highest BCUT2D eigenvalue weighted by molar-refractivity contribution is 5.76. The van der Waals surface area contributed by atoms with Crippen LogP contribution in [0.25, 0.3) is 0 Å². The summed E-state index contributed by atoms with van der Waals surface area (Å²) < 4.78 is 12.8. The van der Waals surface area contributed by atoms with Gasteiger partial charge in [0.25, 0.3) is 0 Å². The van der Waals surface area contributed by atoms with E-state index in [1.54, 1.807) is 12.1 Å². The van der Waals surface area contributed by atoms with Crippen LogP contribution in [-0.4, -0.2) is 24.5 Å². The van der Waals surface area contributed by atoms with E-state index in [4.69, 9.17) is 0 Å². The number of hydrogen-bond acceptors (Lipinski definition) is 2. The molecule has 2 N–H and O–H groups in total. The average molecular weight is 280 g/mol. The summed E-state index contributed by atoms with van der Waals surface area (Å²) in [6.07, 6.45) is 2.26. The third-order valence-electron chi connectivity index (χ3n) is 3.32. The van der Waals surface area contributed by atoms with Gasteiger partial charge >= 0.3 is 0 Å². The van der Waals surface area contributed by atoms with Gasteiger partial charge in [0.1, 0.15) is 5.82 Å². The van der Waals surface area contributed by atoms with Crippen LogP contribution in [-0.2, 0) is 11.2 Å². The number of hydrogen-bond donors (Lipinski definition) is 2. The topological polar surface area (TPSA) is 41.1 Å². The van der Waals surface area contributed by atoms with Crippen LogP contribution in [0.4, 0.5) is 4.39 Å². The molecule has 0 saturated carbocycles. The van der Waals surface area contributed by atoms with Crippen LogP contribution in [0.1, 0.15) is 39.2 Å². The maximum Gasteiger partial charge on any atom is 0.221 e. The van der Waals surface area contributed by atoms with Crippen molar-refractivity contribution in [3.8, 4) is 0 Å². The van der Waals surface area contributed by atoms with Gasteiger partial charge in [0.15, 0.2) is 0 Å². The maximum absolute atomic E-state index is 12.8. The Hall–Kier alpha value is -1.42. The van der Waals surface area contributed by atoms with Crippen LogP contribution >= 0.6 is 0 Å². The zero-order valence-electron chi connectivity index (χ0n) is 12.6. The first-order chi connectivity index (χ1) is 9.51. The molecule has 0 aromatic heterocycles. The number of nitrogens with one attached hydrogen (secondary N) is 2. The molecule has 3 nitrogen and oxygen atoms in total. The highest BCUT2D eigenvalue weighted by Crippen LogP contribution is 2.05. The molecule has 4 heteroatoms. The van der Waals surface area contributed by atoms with Gasteiger partial charge in [-0.15, -0.1) is 0 Å². The number of halogens is 1. The lowest BCUT2D eigenvalue weighted by molar-refractivity contribution is -0.121. The minimum Gasteiger partial charge on any atom is -0.354 e. The lowest BCUT2D eigenvalue weighted by Crippen LogP contribution is -2.36. The second kappa shape index (κ2) is 8.69. The lowest BCUT2D eigenvalue weighted by Gasteiger charge is -2.15. The Morgan fingerprint density at radius 1 is 1.20 bits per heavy atom. The molecule has 2 atom stereocenters. The van der Waals surface area contributed by atoms with Gasteiger partial charge in [-0.3, -0.25) is 4.79 Å². The molecule has 0 aliphatic carbocycles. The fourth-order valence-corrected chi connectivity index (χ4v) is 1.93. The summed E-state index contributed by atoms with van der Waals surface area (Å²) in [6, 6.07) is 7.03. The zero-order chi connectivity index (χ0) is 15.0. The summed E-state index contributed by atoms with van der Waals surface area (Å²) in [5.41, 5.74) is 1.09. The van der Waals surface area contributed by atoms with E-state index in [-0.39, 0.29) is 23.8 Å². The van der Waals surface area contributed by atoms with Crippen molar-refractivity contribution in [2.45, 2.75) is 52.1 Å². The summed E-state index contributed by atoms with van der Waals surface area (Å²) in [4.78, 5) is 11.6. The Balaban J connectivity index is 2.21. The molecule has 1 amide bonds. The average Bonchev–Trinajstić information content (AvgIpc) is 2.41. The van der Waals surface area contributed by atoms with Gasteiger partial charge in [-0.1, -0.05) is 19.1 Å². The van der Waals surface area contributed by atoms with Gasteiger partial charge in [0, 0.05) is 25.0 Å². The van der Waals surface area contributed by atoms with E-state index in [9.17, 15) is 9.18 Å². The Morgan fingerprint density at radius 2 is 1.85 bits per heavy atom. The minimum atomic E-state index is -0.212. The maximum atomic E-state index is 12.8. The van der Waals surface area contributed by atoms with Crippen LogP contribution in [0.2, 0.25) is 0 Å². The molecule has 0 saturated heterocycles. The molecule has 2 unspecified atom stereocenters. The molecule has 112 valence electrons. The Morgan fingerprint density at radius 3 is 2.45 bits per heavy atom. The van der Waals surface area contributed by atoms with E-state index in [2.05, 4.69) is 17.6 Å². The van der Waals surface area contributed by atoms with Crippen LogP contribution in [0.15, 0.2) is 24.3 Å². The first-order valence-electron chi connectivity index (χ1n) is 7.28. The Kier molecular flexibility index (Phi) is 7.23. The fourth-order valence-electron chi connectivity index (χ4n) is 1.93. The molecule has 0 aliphatic heterocycles. The van der Waals surface area contributed by atoms with Gasteiger partial charge in [0.2, 0.25) is 5.91 Å². The molecule has 0 radical (unpaired) electrons. The molecule has 1 aromatic carbocycles. The smallest absolute Gasteiger partial charge is 0.221 e. The van der Waals surface area contributed by atoms with E-state index < -0.39 is 0 Å². The second-order valence-corrected chi connectivity index (χ2v) is 5.31. The second-order valence-electron chi connectivity index (χ2n) is 5.31. The normalized spacial score (nSPS) is 13.8. The monoisotopic (exact) mass is 280 g/mol. The summed E-state index contributed by atoms with van der Waals surface area (Å²) in [5, 5.41) is 6.25. The highest BCUT2D eigenvalue weighted by atomic mass is 19.1. The number of rotatable bonds is 8. The quantitative estimate of drug-likeness (QED) is 0.768. The first kappa shape index (κ1) is 16.6. The van der Waals surface area contributed by atoms with E-state index in [1.165, 1.54) is 12.1 Å². The predicted octanol–water partition coefficient (Wildman–Crippen LogP) is 2.65. The van der Waals surface area contributed by atoms with Crippen molar-refractivity contribution in [2.75, 3.05) is 6.54 Å². The third-order valence-corrected chi connectivity index (χ3v) is 3.32. The molecular formula is C16H25FN2O. The summed E-state index contributed by atoms with van der Waals surface area (Å²) in [7, 11) is 0. The van der Waals surface area contributed by atoms with Crippen LogP contribution in [0.3, 0.4) is 0 Å². The molecule has 0 aliphatic rings. The van der Waals surface area contributed by atoms with Crippen molar-refractivity contribution < 1.29 is 9.18 Å². The van der Waals surface area contributed by atoms with Gasteiger partial charge in [-0.25, -0.2) is 4.39 Å². The molecule has 20 heavy (non-hydrogen) atoms. The molecule has 1 rings (SSSR count). The number of benzene rings is 1. The van der Waals surface area contributed by atoms with Crippen molar-refractivity contribution in [2.24, 2.45) is 0 Å². The van der Waals surface area contributed by atoms with E-state index in [0.29, 0.717) is 13.0 Å². The molecular weight excluding hydrogens is 255 g/mol. The molecule has 0 bridgehead atoms. The van der Waals surface area contributed by atoms with Crippen LogP contribution in [0, 0.1) is 5.82 Å². The van der Waals surface area contributed by atoms with Crippen LogP contribution < -0.4 is 10.6 Å². The Bertz CT molecular complexity index is 405. The molecule has 1 aromatic rings. The van der Waals surface area contributed by atoms with E-state index >= 15 is 0 Å². The van der Waals surface area contributed by atoms with Crippen molar-refractivity contribution in [3.63, 3.8) is 0 Å². The molecule has 0 fully saturated rings. The van der Waals surface area contributed by atoms with Crippen molar-refractivity contribution in [3.05, 3.63) is 35.6 Å². The van der Waals surface area contributed by atoms with Crippen molar-refractivity contribution in [1.82, 2.24) is 10.6 Å².